The third kappa shape index (κ3) is 4.33. The van der Waals surface area contributed by atoms with Gasteiger partial charge in [0.05, 0.1) is 34.8 Å². The number of anilines is 2. The van der Waals surface area contributed by atoms with Crippen molar-refractivity contribution in [2.75, 3.05) is 17.7 Å². The summed E-state index contributed by atoms with van der Waals surface area (Å²) in [5, 5.41) is 7.38. The topological polar surface area (TPSA) is 121 Å². The fraction of sp³-hybridized carbons (Fsp3) is 0.350. The highest BCUT2D eigenvalue weighted by atomic mass is 35.5. The number of alkyl halides is 1. The lowest BCUT2D eigenvalue weighted by molar-refractivity contribution is 0.0247. The minimum Gasteiger partial charge on any atom is -0.389 e. The van der Waals surface area contributed by atoms with Crippen molar-refractivity contribution in [1.82, 2.24) is 14.8 Å². The van der Waals surface area contributed by atoms with Gasteiger partial charge in [0.2, 0.25) is 0 Å². The van der Waals surface area contributed by atoms with Gasteiger partial charge in [-0.25, -0.2) is 13.8 Å². The molecule has 1 aliphatic rings. The lowest BCUT2D eigenvalue weighted by atomic mass is 10.0. The molecule has 3 atom stereocenters. The molecular weight excluding hydrogens is 462 g/mol. The molecule has 4 rings (SSSR count). The van der Waals surface area contributed by atoms with Crippen molar-refractivity contribution in [2.45, 2.75) is 31.2 Å². The average molecular weight is 483 g/mol. The van der Waals surface area contributed by atoms with Crippen molar-refractivity contribution in [3.8, 4) is 10.6 Å². The first kappa shape index (κ1) is 22.6. The molecule has 3 unspecified atom stereocenters. The number of amides is 1. The van der Waals surface area contributed by atoms with Crippen molar-refractivity contribution < 1.29 is 18.3 Å². The van der Waals surface area contributed by atoms with Crippen LogP contribution in [0.1, 0.15) is 35.1 Å². The van der Waals surface area contributed by atoms with Gasteiger partial charge in [0.15, 0.2) is 5.69 Å². The van der Waals surface area contributed by atoms with E-state index in [9.17, 15) is 13.6 Å². The van der Waals surface area contributed by atoms with Gasteiger partial charge in [-0.1, -0.05) is 29.0 Å². The van der Waals surface area contributed by atoms with Gasteiger partial charge in [0, 0.05) is 13.1 Å². The molecule has 5 N–H and O–H groups in total. The van der Waals surface area contributed by atoms with E-state index >= 15 is 0 Å². The van der Waals surface area contributed by atoms with Gasteiger partial charge in [-0.2, -0.15) is 5.10 Å². The molecule has 0 radical (unpaired) electrons. The molecule has 170 valence electrons. The highest BCUT2D eigenvalue weighted by Crippen LogP contribution is 2.37. The minimum absolute atomic E-state index is 0.0632. The number of rotatable bonds is 4. The normalized spacial score (nSPS) is 21.3. The standard InChI is InChI=1S/C20H21ClF2N6O2S/c1-29-17(14-6-5-12(24)11(23)8-31-14)13(7-26-29)27-19(30)16-18(25)32-20(28-16)15-9(21)3-2-4-10(15)22/h2-4,7,11-12,14H,5-6,8,24-25H2,1H3,(H,27,30). The van der Waals surface area contributed by atoms with Crippen LogP contribution >= 0.6 is 22.9 Å². The predicted molar refractivity (Wildman–Crippen MR) is 119 cm³/mol. The number of hydrogen-bond acceptors (Lipinski definition) is 7. The molecule has 1 amide bonds. The molecule has 3 heterocycles. The van der Waals surface area contributed by atoms with E-state index in [1.807, 2.05) is 0 Å². The Labute approximate surface area is 191 Å². The summed E-state index contributed by atoms with van der Waals surface area (Å²) in [6.07, 6.45) is 0.607. The van der Waals surface area contributed by atoms with E-state index in [1.165, 1.54) is 24.4 Å². The summed E-state index contributed by atoms with van der Waals surface area (Å²) in [5.41, 5.74) is 12.8. The Bertz CT molecular complexity index is 1120. The van der Waals surface area contributed by atoms with Gasteiger partial charge >= 0.3 is 0 Å². The Balaban J connectivity index is 1.59. The summed E-state index contributed by atoms with van der Waals surface area (Å²) in [6.45, 7) is -0.143. The van der Waals surface area contributed by atoms with Gasteiger partial charge in [-0.05, 0) is 25.0 Å². The highest BCUT2D eigenvalue weighted by molar-refractivity contribution is 7.19. The van der Waals surface area contributed by atoms with Gasteiger partial charge in [0.25, 0.3) is 5.91 Å². The summed E-state index contributed by atoms with van der Waals surface area (Å²) < 4.78 is 35.4. The molecule has 32 heavy (non-hydrogen) atoms. The number of nitrogens with two attached hydrogens (primary N) is 2. The molecule has 8 nitrogen and oxygen atoms in total. The van der Waals surface area contributed by atoms with Crippen LogP contribution in [0.25, 0.3) is 10.6 Å². The molecule has 1 aliphatic heterocycles. The largest absolute Gasteiger partial charge is 0.389 e. The summed E-state index contributed by atoms with van der Waals surface area (Å²) in [4.78, 5) is 17.1. The monoisotopic (exact) mass is 482 g/mol. The Kier molecular flexibility index (Phi) is 6.42. The first-order chi connectivity index (χ1) is 15.3. The summed E-state index contributed by atoms with van der Waals surface area (Å²) in [5.74, 6) is -1.16. The van der Waals surface area contributed by atoms with E-state index in [0.29, 0.717) is 24.2 Å². The van der Waals surface area contributed by atoms with Crippen LogP contribution in [-0.4, -0.2) is 39.5 Å². The molecule has 1 saturated heterocycles. The van der Waals surface area contributed by atoms with Crippen LogP contribution in [0, 0.1) is 5.82 Å². The third-order valence-electron chi connectivity index (χ3n) is 5.27. The first-order valence-electron chi connectivity index (χ1n) is 9.81. The number of thiazole rings is 1. The molecule has 3 aromatic rings. The molecule has 0 spiro atoms. The van der Waals surface area contributed by atoms with E-state index < -0.39 is 30.0 Å². The Morgan fingerprint density at radius 2 is 2.19 bits per heavy atom. The second-order valence-corrected chi connectivity index (χ2v) is 8.87. The number of hydrogen-bond donors (Lipinski definition) is 3. The van der Waals surface area contributed by atoms with Crippen LogP contribution in [0.3, 0.4) is 0 Å². The van der Waals surface area contributed by atoms with Crippen molar-refractivity contribution in [3.05, 3.63) is 46.6 Å². The van der Waals surface area contributed by atoms with Gasteiger partial charge in [-0.15, -0.1) is 0 Å². The van der Waals surface area contributed by atoms with E-state index in [-0.39, 0.29) is 32.9 Å². The zero-order chi connectivity index (χ0) is 23.0. The van der Waals surface area contributed by atoms with Crippen LogP contribution in [0.15, 0.2) is 24.4 Å². The van der Waals surface area contributed by atoms with Gasteiger partial charge in [0.1, 0.15) is 28.1 Å². The number of nitrogens with zero attached hydrogens (tertiary/aromatic N) is 3. The molecule has 2 aromatic heterocycles. The summed E-state index contributed by atoms with van der Waals surface area (Å²) >= 11 is 7.06. The fourth-order valence-corrected chi connectivity index (χ4v) is 4.76. The van der Waals surface area contributed by atoms with Crippen LogP contribution in [0.5, 0.6) is 0 Å². The minimum atomic E-state index is -1.26. The van der Waals surface area contributed by atoms with Crippen molar-refractivity contribution in [2.24, 2.45) is 12.8 Å². The lowest BCUT2D eigenvalue weighted by Gasteiger charge is -2.17. The molecule has 0 saturated carbocycles. The number of carbonyl (C=O) groups is 1. The number of ether oxygens (including phenoxy) is 1. The van der Waals surface area contributed by atoms with Crippen LogP contribution in [0.4, 0.5) is 19.5 Å². The van der Waals surface area contributed by atoms with E-state index in [4.69, 9.17) is 27.8 Å². The van der Waals surface area contributed by atoms with Crippen LogP contribution < -0.4 is 16.8 Å². The fourth-order valence-electron chi connectivity index (χ4n) is 3.57. The summed E-state index contributed by atoms with van der Waals surface area (Å²) in [6, 6.07) is 3.65. The smallest absolute Gasteiger partial charge is 0.277 e. The Morgan fingerprint density at radius 3 is 2.94 bits per heavy atom. The second-order valence-electron chi connectivity index (χ2n) is 7.43. The summed E-state index contributed by atoms with van der Waals surface area (Å²) in [7, 11) is 1.70. The number of aromatic nitrogens is 3. The number of halogens is 3. The van der Waals surface area contributed by atoms with Crippen LogP contribution in [0.2, 0.25) is 5.02 Å². The quantitative estimate of drug-likeness (QED) is 0.521. The van der Waals surface area contributed by atoms with Crippen molar-refractivity contribution >= 4 is 39.5 Å². The molecule has 0 aliphatic carbocycles. The molecule has 0 bridgehead atoms. The van der Waals surface area contributed by atoms with Crippen molar-refractivity contribution in [3.63, 3.8) is 0 Å². The number of nitrogens with one attached hydrogen (secondary N) is 1. The van der Waals surface area contributed by atoms with E-state index in [1.54, 1.807) is 11.7 Å². The van der Waals surface area contributed by atoms with Crippen LogP contribution in [-0.2, 0) is 11.8 Å². The molecule has 1 aromatic carbocycles. The maximum atomic E-state index is 14.3. The second kappa shape index (κ2) is 9.10. The molecular formula is C20H21ClF2N6O2S. The molecule has 12 heteroatoms. The van der Waals surface area contributed by atoms with E-state index in [0.717, 1.165) is 11.3 Å². The first-order valence-corrected chi connectivity index (χ1v) is 11.0. The Hall–Kier alpha value is -2.60. The van der Waals surface area contributed by atoms with Gasteiger partial charge < -0.3 is 21.5 Å². The van der Waals surface area contributed by atoms with Gasteiger partial charge in [-0.3, -0.25) is 9.48 Å². The maximum Gasteiger partial charge on any atom is 0.277 e. The number of aryl methyl sites for hydroxylation is 1. The maximum absolute atomic E-state index is 14.3. The zero-order valence-corrected chi connectivity index (χ0v) is 18.6. The Morgan fingerprint density at radius 1 is 1.41 bits per heavy atom. The lowest BCUT2D eigenvalue weighted by Crippen LogP contribution is -2.32. The van der Waals surface area contributed by atoms with E-state index in [2.05, 4.69) is 15.4 Å². The third-order valence-corrected chi connectivity index (χ3v) is 6.48. The highest BCUT2D eigenvalue weighted by Gasteiger charge is 2.30. The zero-order valence-electron chi connectivity index (χ0n) is 17.0. The number of nitrogen functional groups attached to an aromatic ring is 1. The SMILES string of the molecule is Cn1ncc(NC(=O)c2nc(-c3c(F)cccc3Cl)sc2N)c1C1CCC(N)C(F)CO1. The van der Waals surface area contributed by atoms with Crippen molar-refractivity contribution in [1.29, 1.82) is 0 Å². The number of benzene rings is 1. The molecule has 1 fully saturated rings. The predicted octanol–water partition coefficient (Wildman–Crippen LogP) is 3.69. The number of carbonyl (C=O) groups excluding carboxylic acids is 1. The average Bonchev–Trinajstić information content (AvgIpc) is 3.25.